The van der Waals surface area contributed by atoms with Crippen molar-refractivity contribution in [2.45, 2.75) is 19.5 Å². The van der Waals surface area contributed by atoms with Gasteiger partial charge in [0.1, 0.15) is 0 Å². The monoisotopic (exact) mass is 349 g/mol. The number of aromatic hydroxyl groups is 1. The Morgan fingerprint density at radius 2 is 2.04 bits per heavy atom. The first-order valence-electron chi connectivity index (χ1n) is 8.81. The van der Waals surface area contributed by atoms with Crippen LogP contribution in [-0.4, -0.2) is 45.4 Å². The first-order chi connectivity index (χ1) is 12.6. The Bertz CT molecular complexity index is 904. The molecule has 0 atom stereocenters. The van der Waals surface area contributed by atoms with Gasteiger partial charge in [0, 0.05) is 51.2 Å². The molecule has 0 unspecified atom stereocenters. The minimum atomic E-state index is 0.216. The van der Waals surface area contributed by atoms with Crippen molar-refractivity contribution >= 4 is 5.69 Å². The molecular weight excluding hydrogens is 326 g/mol. The molecule has 134 valence electrons. The van der Waals surface area contributed by atoms with Crippen molar-refractivity contribution in [2.75, 3.05) is 25.5 Å². The van der Waals surface area contributed by atoms with E-state index in [1.54, 1.807) is 10.9 Å². The molecule has 1 aromatic carbocycles. The van der Waals surface area contributed by atoms with Gasteiger partial charge < -0.3 is 10.0 Å². The number of pyridine rings is 1. The van der Waals surface area contributed by atoms with E-state index in [0.29, 0.717) is 5.82 Å². The Morgan fingerprint density at radius 3 is 2.81 bits per heavy atom. The van der Waals surface area contributed by atoms with Gasteiger partial charge >= 0.3 is 0 Å². The van der Waals surface area contributed by atoms with Crippen molar-refractivity contribution in [3.63, 3.8) is 0 Å². The molecule has 6 nitrogen and oxygen atoms in total. The molecule has 2 aromatic heterocycles. The summed E-state index contributed by atoms with van der Waals surface area (Å²) < 4.78 is 1.54. The first-order valence-corrected chi connectivity index (χ1v) is 8.81. The zero-order chi connectivity index (χ0) is 18.1. The summed E-state index contributed by atoms with van der Waals surface area (Å²) in [6.07, 6.45) is 2.50. The van der Waals surface area contributed by atoms with Crippen molar-refractivity contribution in [3.8, 4) is 11.7 Å². The number of anilines is 1. The predicted molar refractivity (Wildman–Crippen MR) is 102 cm³/mol. The van der Waals surface area contributed by atoms with Crippen molar-refractivity contribution < 1.29 is 5.11 Å². The molecule has 0 radical (unpaired) electrons. The summed E-state index contributed by atoms with van der Waals surface area (Å²) in [6.45, 7) is 2.51. The number of rotatable bonds is 4. The minimum absolute atomic E-state index is 0.216. The molecule has 6 heteroatoms. The molecule has 0 amide bonds. The maximum absolute atomic E-state index is 10.5. The summed E-state index contributed by atoms with van der Waals surface area (Å²) in [6, 6.07) is 14.2. The highest BCUT2D eigenvalue weighted by atomic mass is 16.3. The zero-order valence-electron chi connectivity index (χ0n) is 15.1. The van der Waals surface area contributed by atoms with E-state index in [-0.39, 0.29) is 5.88 Å². The number of nitrogens with zero attached hydrogens (tertiary/aromatic N) is 5. The molecule has 0 saturated heterocycles. The lowest BCUT2D eigenvalue weighted by molar-refractivity contribution is 0.241. The molecule has 3 aromatic rings. The number of hydrogen-bond donors (Lipinski definition) is 1. The number of hydrogen-bond acceptors (Lipinski definition) is 5. The molecule has 26 heavy (non-hydrogen) atoms. The van der Waals surface area contributed by atoms with Gasteiger partial charge in [-0.05, 0) is 36.2 Å². The van der Waals surface area contributed by atoms with Gasteiger partial charge in [0.2, 0.25) is 5.88 Å². The fourth-order valence-corrected chi connectivity index (χ4v) is 3.39. The van der Waals surface area contributed by atoms with E-state index in [9.17, 15) is 5.11 Å². The van der Waals surface area contributed by atoms with E-state index in [4.69, 9.17) is 0 Å². The van der Waals surface area contributed by atoms with Crippen LogP contribution in [0.25, 0.3) is 5.82 Å². The van der Waals surface area contributed by atoms with Crippen LogP contribution in [0, 0.1) is 0 Å². The molecule has 0 saturated carbocycles. The van der Waals surface area contributed by atoms with Crippen LogP contribution in [0.2, 0.25) is 0 Å². The first kappa shape index (κ1) is 16.6. The van der Waals surface area contributed by atoms with Crippen LogP contribution >= 0.6 is 0 Å². The quantitative estimate of drug-likeness (QED) is 0.785. The second-order valence-corrected chi connectivity index (χ2v) is 6.87. The average Bonchev–Trinajstić information content (AvgIpc) is 2.99. The van der Waals surface area contributed by atoms with Crippen molar-refractivity contribution in [2.24, 2.45) is 0 Å². The third-order valence-electron chi connectivity index (χ3n) is 4.79. The summed E-state index contributed by atoms with van der Waals surface area (Å²) in [7, 11) is 4.11. The van der Waals surface area contributed by atoms with Gasteiger partial charge in [0.25, 0.3) is 0 Å². The lowest BCUT2D eigenvalue weighted by atomic mass is 10.1. The van der Waals surface area contributed by atoms with Gasteiger partial charge in [-0.25, -0.2) is 4.98 Å². The molecule has 1 aliphatic rings. The van der Waals surface area contributed by atoms with E-state index < -0.39 is 0 Å². The van der Waals surface area contributed by atoms with E-state index in [1.165, 1.54) is 11.3 Å². The fourth-order valence-electron chi connectivity index (χ4n) is 3.39. The third kappa shape index (κ3) is 3.15. The molecule has 0 fully saturated rings. The number of fused-ring (bicyclic) bond motifs is 1. The van der Waals surface area contributed by atoms with Crippen LogP contribution in [0.3, 0.4) is 0 Å². The fraction of sp³-hybridized carbons (Fsp3) is 0.300. The van der Waals surface area contributed by atoms with Crippen LogP contribution in [0.15, 0.2) is 48.7 Å². The molecule has 3 heterocycles. The minimum Gasteiger partial charge on any atom is -0.493 e. The van der Waals surface area contributed by atoms with Gasteiger partial charge in [-0.1, -0.05) is 18.2 Å². The zero-order valence-corrected chi connectivity index (χ0v) is 15.1. The lowest BCUT2D eigenvalue weighted by Gasteiger charge is -2.26. The third-order valence-corrected chi connectivity index (χ3v) is 4.79. The Kier molecular flexibility index (Phi) is 4.34. The van der Waals surface area contributed by atoms with Crippen molar-refractivity contribution in [1.82, 2.24) is 19.7 Å². The van der Waals surface area contributed by atoms with Crippen LogP contribution in [0.5, 0.6) is 5.88 Å². The molecule has 0 aliphatic carbocycles. The Balaban J connectivity index is 1.54. The summed E-state index contributed by atoms with van der Waals surface area (Å²) in [5, 5.41) is 15.2. The molecule has 1 N–H and O–H groups in total. The Morgan fingerprint density at radius 1 is 1.15 bits per heavy atom. The largest absolute Gasteiger partial charge is 0.493 e. The van der Waals surface area contributed by atoms with Crippen LogP contribution < -0.4 is 4.90 Å². The summed E-state index contributed by atoms with van der Waals surface area (Å²) in [5.74, 6) is 0.859. The molecular formula is C20H23N5O. The molecule has 1 aliphatic heterocycles. The van der Waals surface area contributed by atoms with Crippen molar-refractivity contribution in [1.29, 1.82) is 0 Å². The highest BCUT2D eigenvalue weighted by Gasteiger charge is 2.25. The van der Waals surface area contributed by atoms with E-state index >= 15 is 0 Å². The molecule has 0 spiro atoms. The summed E-state index contributed by atoms with van der Waals surface area (Å²) in [5.41, 5.74) is 4.36. The maximum Gasteiger partial charge on any atom is 0.219 e. The van der Waals surface area contributed by atoms with E-state index in [2.05, 4.69) is 58.2 Å². The van der Waals surface area contributed by atoms with Crippen LogP contribution in [-0.2, 0) is 19.5 Å². The standard InChI is InChI=1S/C20H23N5O/c1-23(2)16-7-5-6-15(12-16)13-24-11-9-17-18(14-24)22-25(20(17)26)19-8-3-4-10-21-19/h3-8,10,12,26H,9,11,13-14H2,1-2H3. The van der Waals surface area contributed by atoms with E-state index in [1.807, 2.05) is 18.2 Å². The van der Waals surface area contributed by atoms with Crippen LogP contribution in [0.4, 0.5) is 5.69 Å². The van der Waals surface area contributed by atoms with Gasteiger partial charge in [0.15, 0.2) is 5.82 Å². The predicted octanol–water partition coefficient (Wildman–Crippen LogP) is 2.60. The topological polar surface area (TPSA) is 57.4 Å². The average molecular weight is 349 g/mol. The maximum atomic E-state index is 10.5. The second-order valence-electron chi connectivity index (χ2n) is 6.87. The van der Waals surface area contributed by atoms with Gasteiger partial charge in [-0.3, -0.25) is 4.90 Å². The lowest BCUT2D eigenvalue weighted by Crippen LogP contribution is -2.29. The van der Waals surface area contributed by atoms with Crippen molar-refractivity contribution in [3.05, 3.63) is 65.5 Å². The van der Waals surface area contributed by atoms with Gasteiger partial charge in [-0.15, -0.1) is 0 Å². The second kappa shape index (κ2) is 6.80. The highest BCUT2D eigenvalue weighted by molar-refractivity contribution is 5.47. The molecule has 4 rings (SSSR count). The van der Waals surface area contributed by atoms with Gasteiger partial charge in [-0.2, -0.15) is 9.78 Å². The normalized spacial score (nSPS) is 14.2. The smallest absolute Gasteiger partial charge is 0.219 e. The number of aromatic nitrogens is 3. The Labute approximate surface area is 153 Å². The summed E-state index contributed by atoms with van der Waals surface area (Å²) >= 11 is 0. The SMILES string of the molecule is CN(C)c1cccc(CN2CCc3c(nn(-c4ccccn4)c3O)C2)c1. The Hall–Kier alpha value is -2.86. The highest BCUT2D eigenvalue weighted by Crippen LogP contribution is 2.29. The number of benzene rings is 1. The molecule has 0 bridgehead atoms. The van der Waals surface area contributed by atoms with Crippen LogP contribution in [0.1, 0.15) is 16.8 Å². The van der Waals surface area contributed by atoms with Gasteiger partial charge in [0.05, 0.1) is 5.69 Å². The summed E-state index contributed by atoms with van der Waals surface area (Å²) in [4.78, 5) is 8.77. The van der Waals surface area contributed by atoms with E-state index in [0.717, 1.165) is 37.3 Å².